The second-order valence-electron chi connectivity index (χ2n) is 3.84. The summed E-state index contributed by atoms with van der Waals surface area (Å²) in [7, 11) is -4.07. The highest BCUT2D eigenvalue weighted by molar-refractivity contribution is 7.94. The number of thiophene rings is 1. The Morgan fingerprint density at radius 3 is 2.24 bits per heavy atom. The van der Waals surface area contributed by atoms with Crippen molar-refractivity contribution >= 4 is 44.3 Å². The van der Waals surface area contributed by atoms with Crippen LogP contribution in [0.15, 0.2) is 28.5 Å². The number of hydrogen-bond donors (Lipinski definition) is 2. The zero-order valence-corrected chi connectivity index (χ0v) is 12.5. The van der Waals surface area contributed by atoms with E-state index in [4.69, 9.17) is 18.0 Å². The molecule has 4 nitrogen and oxygen atoms in total. The van der Waals surface area contributed by atoms with Gasteiger partial charge >= 0.3 is 0 Å². The van der Waals surface area contributed by atoms with Gasteiger partial charge in [-0.15, -0.1) is 11.3 Å². The summed E-state index contributed by atoms with van der Waals surface area (Å²) in [6, 6.07) is 3.74. The van der Waals surface area contributed by atoms with Crippen molar-refractivity contribution in [3.63, 3.8) is 0 Å². The van der Waals surface area contributed by atoms with Crippen molar-refractivity contribution < 1.29 is 21.6 Å². The van der Waals surface area contributed by atoms with Crippen molar-refractivity contribution in [2.24, 2.45) is 5.73 Å². The fourth-order valence-corrected chi connectivity index (χ4v) is 3.81. The topological polar surface area (TPSA) is 72.2 Å². The van der Waals surface area contributed by atoms with Gasteiger partial charge in [-0.25, -0.2) is 21.6 Å². The molecule has 21 heavy (non-hydrogen) atoms. The monoisotopic (exact) mass is 352 g/mol. The minimum Gasteiger partial charge on any atom is -0.389 e. The fourth-order valence-electron chi connectivity index (χ4n) is 1.42. The number of nitrogens with two attached hydrogens (primary N) is 1. The van der Waals surface area contributed by atoms with Crippen molar-refractivity contribution in [2.45, 2.75) is 4.21 Å². The van der Waals surface area contributed by atoms with E-state index < -0.39 is 33.2 Å². The molecular formula is C11H7F3N2O2S3. The molecule has 0 aliphatic carbocycles. The van der Waals surface area contributed by atoms with Crippen LogP contribution < -0.4 is 10.5 Å². The zero-order valence-electron chi connectivity index (χ0n) is 10.1. The molecule has 0 fully saturated rings. The highest BCUT2D eigenvalue weighted by atomic mass is 32.2. The van der Waals surface area contributed by atoms with Crippen molar-refractivity contribution in [3.05, 3.63) is 46.6 Å². The summed E-state index contributed by atoms with van der Waals surface area (Å²) in [5.74, 6) is -4.67. The summed E-state index contributed by atoms with van der Waals surface area (Å²) in [6.07, 6.45) is 0. The van der Waals surface area contributed by atoms with Crippen LogP contribution in [0.3, 0.4) is 0 Å². The molecule has 0 aliphatic heterocycles. The minimum absolute atomic E-state index is 0.0281. The van der Waals surface area contributed by atoms with Gasteiger partial charge in [0.2, 0.25) is 0 Å². The van der Waals surface area contributed by atoms with Crippen molar-refractivity contribution in [2.75, 3.05) is 4.72 Å². The van der Waals surface area contributed by atoms with Crippen LogP contribution in [0.1, 0.15) is 4.88 Å². The van der Waals surface area contributed by atoms with Crippen molar-refractivity contribution in [1.82, 2.24) is 0 Å². The summed E-state index contributed by atoms with van der Waals surface area (Å²) in [4.78, 5) is 0.405. The van der Waals surface area contributed by atoms with Crippen molar-refractivity contribution in [3.8, 4) is 0 Å². The molecule has 10 heteroatoms. The van der Waals surface area contributed by atoms with Crippen LogP contribution in [-0.2, 0) is 10.0 Å². The number of sulfonamides is 1. The number of anilines is 1. The minimum atomic E-state index is -4.07. The lowest BCUT2D eigenvalue weighted by Gasteiger charge is -2.07. The van der Waals surface area contributed by atoms with Gasteiger partial charge in [-0.2, -0.15) is 0 Å². The lowest BCUT2D eigenvalue weighted by molar-refractivity contribution is 0.448. The summed E-state index contributed by atoms with van der Waals surface area (Å²) in [5, 5.41) is 0. The molecular weight excluding hydrogens is 345 g/mol. The van der Waals surface area contributed by atoms with Crippen LogP contribution in [0, 0.1) is 17.5 Å². The Labute approximate surface area is 127 Å². The maximum absolute atomic E-state index is 13.0. The molecule has 1 heterocycles. The first-order valence-electron chi connectivity index (χ1n) is 5.27. The van der Waals surface area contributed by atoms with Gasteiger partial charge < -0.3 is 5.73 Å². The standard InChI is InChI=1S/C11H7F3N2O2S3/c12-6-3-5(4-7(13)10(6)14)16-21(17,18)9-2-1-8(20-9)11(15)19/h1-4,16H,(H2,15,19). The molecule has 3 N–H and O–H groups in total. The molecule has 1 aromatic carbocycles. The molecule has 0 radical (unpaired) electrons. The van der Waals surface area contributed by atoms with Crippen LogP contribution >= 0.6 is 23.6 Å². The lowest BCUT2D eigenvalue weighted by atomic mass is 10.3. The molecule has 112 valence electrons. The predicted molar refractivity (Wildman–Crippen MR) is 77.3 cm³/mol. The number of thiocarbonyl (C=S) groups is 1. The highest BCUT2D eigenvalue weighted by Gasteiger charge is 2.19. The maximum atomic E-state index is 13.0. The number of hydrogen-bond acceptors (Lipinski definition) is 4. The first kappa shape index (κ1) is 15.7. The fraction of sp³-hybridized carbons (Fsp3) is 0. The summed E-state index contributed by atoms with van der Waals surface area (Å²) in [5.41, 5.74) is 4.93. The Morgan fingerprint density at radius 1 is 1.19 bits per heavy atom. The van der Waals surface area contributed by atoms with Gasteiger partial charge in [0.25, 0.3) is 10.0 Å². The summed E-state index contributed by atoms with van der Waals surface area (Å²) >= 11 is 5.51. The quantitative estimate of drug-likeness (QED) is 0.655. The van der Waals surface area contributed by atoms with Gasteiger partial charge in [-0.3, -0.25) is 4.72 Å². The van der Waals surface area contributed by atoms with Gasteiger partial charge in [-0.05, 0) is 12.1 Å². The summed E-state index contributed by atoms with van der Waals surface area (Å²) in [6.45, 7) is 0. The third-order valence-electron chi connectivity index (χ3n) is 2.33. The number of nitrogens with one attached hydrogen (secondary N) is 1. The van der Waals surface area contributed by atoms with E-state index >= 15 is 0 Å². The zero-order chi connectivity index (χ0) is 15.8. The molecule has 2 rings (SSSR count). The number of benzene rings is 1. The first-order valence-corrected chi connectivity index (χ1v) is 7.98. The van der Waals surface area contributed by atoms with E-state index in [1.807, 2.05) is 4.72 Å². The molecule has 2 aromatic rings. The maximum Gasteiger partial charge on any atom is 0.271 e. The Balaban J connectivity index is 2.35. The molecule has 0 atom stereocenters. The summed E-state index contributed by atoms with van der Waals surface area (Å²) < 4.78 is 64.7. The van der Waals surface area contributed by atoms with Gasteiger partial charge in [0.1, 0.15) is 9.20 Å². The predicted octanol–water partition coefficient (Wildman–Crippen LogP) is 2.60. The Kier molecular flexibility index (Phi) is 4.21. The molecule has 0 saturated heterocycles. The van der Waals surface area contributed by atoms with E-state index in [2.05, 4.69) is 0 Å². The number of halogens is 3. The Morgan fingerprint density at radius 2 is 1.76 bits per heavy atom. The van der Waals surface area contributed by atoms with E-state index in [1.165, 1.54) is 12.1 Å². The smallest absolute Gasteiger partial charge is 0.271 e. The van der Waals surface area contributed by atoms with E-state index in [0.717, 1.165) is 11.3 Å². The van der Waals surface area contributed by atoms with E-state index in [1.54, 1.807) is 0 Å². The molecule has 1 aromatic heterocycles. The highest BCUT2D eigenvalue weighted by Crippen LogP contribution is 2.25. The second-order valence-corrected chi connectivity index (χ2v) is 7.28. The van der Waals surface area contributed by atoms with Crippen LogP contribution in [0.5, 0.6) is 0 Å². The average Bonchev–Trinajstić information content (AvgIpc) is 2.85. The normalized spacial score (nSPS) is 11.4. The van der Waals surface area contributed by atoms with E-state index in [-0.39, 0.29) is 9.20 Å². The SMILES string of the molecule is NC(=S)c1ccc(S(=O)(=O)Nc2cc(F)c(F)c(F)c2)s1. The third-order valence-corrected chi connectivity index (χ3v) is 5.67. The van der Waals surface area contributed by atoms with Gasteiger partial charge in [0.15, 0.2) is 17.5 Å². The van der Waals surface area contributed by atoms with Gasteiger partial charge in [0, 0.05) is 12.1 Å². The molecule has 0 spiro atoms. The first-order chi connectivity index (χ1) is 9.70. The van der Waals surface area contributed by atoms with Gasteiger partial charge in [0.05, 0.1) is 10.6 Å². The second kappa shape index (κ2) is 5.62. The van der Waals surface area contributed by atoms with E-state index in [9.17, 15) is 21.6 Å². The van der Waals surface area contributed by atoms with Crippen molar-refractivity contribution in [1.29, 1.82) is 0 Å². The molecule has 0 bridgehead atoms. The van der Waals surface area contributed by atoms with E-state index in [0.29, 0.717) is 17.0 Å². The molecule has 0 aliphatic rings. The average molecular weight is 352 g/mol. The lowest BCUT2D eigenvalue weighted by Crippen LogP contribution is -2.12. The van der Waals surface area contributed by atoms with Crippen LogP contribution in [0.2, 0.25) is 0 Å². The van der Waals surface area contributed by atoms with Crippen LogP contribution in [0.25, 0.3) is 0 Å². The number of rotatable bonds is 4. The van der Waals surface area contributed by atoms with Gasteiger partial charge in [-0.1, -0.05) is 12.2 Å². The largest absolute Gasteiger partial charge is 0.389 e. The van der Waals surface area contributed by atoms with Crippen LogP contribution in [0.4, 0.5) is 18.9 Å². The molecule has 0 unspecified atom stereocenters. The van der Waals surface area contributed by atoms with Crippen LogP contribution in [-0.4, -0.2) is 13.4 Å². The molecule has 0 saturated carbocycles. The third kappa shape index (κ3) is 3.34. The molecule has 0 amide bonds. The Bertz CT molecular complexity index is 795. The Hall–Kier alpha value is -1.65.